The van der Waals surface area contributed by atoms with Gasteiger partial charge in [-0.25, -0.2) is 23.7 Å². The summed E-state index contributed by atoms with van der Waals surface area (Å²) in [6.45, 7) is -1.35. The van der Waals surface area contributed by atoms with Gasteiger partial charge in [-0.2, -0.15) is 0 Å². The van der Waals surface area contributed by atoms with E-state index < -0.39 is 203 Å². The molecule has 2 aromatic rings. The van der Waals surface area contributed by atoms with E-state index in [1.807, 2.05) is 0 Å². The molecule has 3 saturated heterocycles. The zero-order valence-corrected chi connectivity index (χ0v) is 40.7. The molecule has 18 atom stereocenters. The molecule has 3 aliphatic rings. The molecular formula is C42H61N9O25. The molecule has 0 unspecified atom stereocenters. The molecule has 0 aromatic carbocycles. The number of nitrogens with one attached hydrogen (secondary N) is 3. The monoisotopic (exact) mass is 1090 g/mol. The Labute approximate surface area is 429 Å². The van der Waals surface area contributed by atoms with Gasteiger partial charge in [-0.3, -0.25) is 14.4 Å². The van der Waals surface area contributed by atoms with Gasteiger partial charge < -0.3 is 111 Å². The number of aromatic nitrogens is 6. The number of amides is 3. The molecule has 2 aromatic heterocycles. The molecule has 5 heterocycles. The minimum Gasteiger partial charge on any atom is -0.477 e. The smallest absolute Gasteiger partial charge is 0.364 e. The number of ether oxygens (including phenoxy) is 6. The van der Waals surface area contributed by atoms with Crippen molar-refractivity contribution in [2.75, 3.05) is 13.2 Å². The minimum absolute atomic E-state index is 0.166. The van der Waals surface area contributed by atoms with E-state index in [9.17, 15) is 95.2 Å². The van der Waals surface area contributed by atoms with E-state index in [4.69, 9.17) is 34.8 Å². The molecule has 76 heavy (non-hydrogen) atoms. The summed E-state index contributed by atoms with van der Waals surface area (Å²) in [4.78, 5) is 73.8. The number of hydrogen-bond acceptors (Lipinski definition) is 26. The topological polar surface area (TPSA) is 518 Å². The van der Waals surface area contributed by atoms with Crippen LogP contribution in [0.5, 0.6) is 0 Å². The van der Waals surface area contributed by atoms with Crippen molar-refractivity contribution in [2.45, 2.75) is 175 Å². The van der Waals surface area contributed by atoms with Crippen molar-refractivity contribution in [3.05, 3.63) is 23.8 Å². The number of aliphatic carboxylic acids is 3. The van der Waals surface area contributed by atoms with Gasteiger partial charge in [0.1, 0.15) is 72.9 Å². The zero-order chi connectivity index (χ0) is 56.6. The van der Waals surface area contributed by atoms with Crippen LogP contribution in [0.2, 0.25) is 0 Å². The van der Waals surface area contributed by atoms with Gasteiger partial charge in [0.05, 0.1) is 81.7 Å². The molecule has 0 radical (unpaired) electrons. The van der Waals surface area contributed by atoms with Crippen LogP contribution >= 0.6 is 0 Å². The van der Waals surface area contributed by atoms with E-state index in [-0.39, 0.29) is 11.4 Å². The standard InChI is InChI=1S/C42H61N9O25/c1-5-6-71-40(37(65)66)7-22(56)28(43-17(2)53)34(74-40)31(62)25(59)12-50-10-20(46-48-50)15-72-41(38(67)68)8-23(57)29(44-18(3)54)35(75-41)32(63)26(60)13-51-11-21(47-49-51)16-73-42(39(69)70)9-24(58)30(45-19(4)55)36(76-42)33(64)27(61)14-52/h1,10-11,22-36,52,56-64H,6-9,12-16H2,2-4H3,(H,43,53)(H,44,54)(H,45,55)(H,65,66)(H,67,68)(H,69,70)/t22-,23-,24-,25+,26+,27+,28+,29+,30+,31+,32+,33+,34+,35+,36+,40+,41+,42+/m0/s1. The Hall–Kier alpha value is -5.98. The van der Waals surface area contributed by atoms with Crippen LogP contribution in [0.15, 0.2) is 12.4 Å². The van der Waals surface area contributed by atoms with Crippen molar-refractivity contribution in [3.63, 3.8) is 0 Å². The Balaban J connectivity index is 1.28. The summed E-state index contributed by atoms with van der Waals surface area (Å²) in [5.74, 6) is -13.8. The summed E-state index contributed by atoms with van der Waals surface area (Å²) >= 11 is 0. The molecule has 0 bridgehead atoms. The lowest BCUT2D eigenvalue weighted by atomic mass is 9.88. The molecule has 5 rings (SSSR count). The number of terminal acetylenes is 1. The summed E-state index contributed by atoms with van der Waals surface area (Å²) in [6, 6.07) is -4.56. The summed E-state index contributed by atoms with van der Waals surface area (Å²) in [6.07, 6.45) is -18.2. The van der Waals surface area contributed by atoms with E-state index in [0.717, 1.165) is 42.5 Å². The highest BCUT2D eigenvalue weighted by molar-refractivity contribution is 5.78. The Morgan fingerprint density at radius 3 is 1.22 bits per heavy atom. The highest BCUT2D eigenvalue weighted by Gasteiger charge is 2.59. The summed E-state index contributed by atoms with van der Waals surface area (Å²) in [5, 5.41) is 161. The first-order valence-electron chi connectivity index (χ1n) is 23.0. The van der Waals surface area contributed by atoms with Crippen LogP contribution in [0, 0.1) is 12.3 Å². The van der Waals surface area contributed by atoms with Gasteiger partial charge in [-0.05, 0) is 0 Å². The first kappa shape index (κ1) is 60.9. The second-order valence-electron chi connectivity index (χ2n) is 18.2. The van der Waals surface area contributed by atoms with Crippen LogP contribution in [-0.2, 0) is 83.5 Å². The second kappa shape index (κ2) is 25.4. The molecule has 34 heteroatoms. The average molecular weight is 1090 g/mol. The van der Waals surface area contributed by atoms with Crippen LogP contribution in [0.4, 0.5) is 0 Å². The van der Waals surface area contributed by atoms with Crippen molar-refractivity contribution in [1.29, 1.82) is 0 Å². The van der Waals surface area contributed by atoms with E-state index in [0.29, 0.717) is 0 Å². The van der Waals surface area contributed by atoms with Gasteiger partial charge in [0, 0.05) is 40.0 Å². The molecular weight excluding hydrogens is 1030 g/mol. The summed E-state index contributed by atoms with van der Waals surface area (Å²) < 4.78 is 35.1. The van der Waals surface area contributed by atoms with Gasteiger partial charge in [-0.15, -0.1) is 16.6 Å². The third kappa shape index (κ3) is 14.1. The van der Waals surface area contributed by atoms with Gasteiger partial charge >= 0.3 is 17.9 Å². The van der Waals surface area contributed by atoms with E-state index >= 15 is 0 Å². The normalized spacial score (nSPS) is 32.1. The molecule has 0 spiro atoms. The van der Waals surface area contributed by atoms with Gasteiger partial charge in [0.15, 0.2) is 0 Å². The Kier molecular flexibility index (Phi) is 20.4. The second-order valence-corrected chi connectivity index (χ2v) is 18.2. The molecule has 16 N–H and O–H groups in total. The predicted molar refractivity (Wildman–Crippen MR) is 238 cm³/mol. The maximum atomic E-state index is 12.9. The largest absolute Gasteiger partial charge is 0.477 e. The van der Waals surface area contributed by atoms with Crippen molar-refractivity contribution in [3.8, 4) is 12.3 Å². The van der Waals surface area contributed by atoms with Crippen LogP contribution < -0.4 is 16.0 Å². The molecule has 3 aliphatic heterocycles. The SMILES string of the molecule is C#CCO[C@]1(C(=O)O)C[C@H](O)[C@@H](NC(C)=O)[C@H]([C@H](O)[C@H](O)Cn2cc(CO[C@]3(C(=O)O)C[C@H](O)[C@@H](NC(C)=O)[C@H]([C@H](O)[C@H](O)Cn4cc(CO[C@]5(C(=O)O)C[C@H](O)[C@@H](NC(C)=O)[C@H]([C@H](O)[C@H](O)CO)O5)nn4)O3)nn2)O1. The van der Waals surface area contributed by atoms with Crippen LogP contribution in [-0.4, -0.2) is 254 Å². The molecule has 0 saturated carbocycles. The quantitative estimate of drug-likeness (QED) is 0.0411. The molecule has 0 aliphatic carbocycles. The highest BCUT2D eigenvalue weighted by atomic mass is 16.7. The molecule has 3 fully saturated rings. The Morgan fingerprint density at radius 1 is 0.618 bits per heavy atom. The van der Waals surface area contributed by atoms with Crippen LogP contribution in [0.1, 0.15) is 51.4 Å². The fourth-order valence-electron chi connectivity index (χ4n) is 8.74. The predicted octanol–water partition coefficient (Wildman–Crippen LogP) is -9.28. The number of nitrogens with zero attached hydrogens (tertiary/aromatic N) is 6. The van der Waals surface area contributed by atoms with Gasteiger partial charge in [0.25, 0.3) is 17.4 Å². The maximum Gasteiger partial charge on any atom is 0.364 e. The van der Waals surface area contributed by atoms with E-state index in [1.165, 1.54) is 0 Å². The van der Waals surface area contributed by atoms with E-state index in [1.54, 1.807) is 0 Å². The number of hydrogen-bond donors (Lipinski definition) is 16. The molecule has 424 valence electrons. The number of rotatable bonds is 25. The number of carboxylic acids is 3. The number of carbonyl (C=O) groups is 6. The fraction of sp³-hybridized carbons (Fsp3) is 0.714. The lowest BCUT2D eigenvalue weighted by molar-refractivity contribution is -0.315. The van der Waals surface area contributed by atoms with Gasteiger partial charge in [-0.1, -0.05) is 16.3 Å². The first-order chi connectivity index (χ1) is 35.6. The molecule has 34 nitrogen and oxygen atoms in total. The average Bonchev–Trinajstić information content (AvgIpc) is 4.01. The lowest BCUT2D eigenvalue weighted by Gasteiger charge is -2.46. The van der Waals surface area contributed by atoms with Crippen molar-refractivity contribution in [1.82, 2.24) is 45.9 Å². The lowest BCUT2D eigenvalue weighted by Crippen LogP contribution is -2.67. The maximum absolute atomic E-state index is 12.9. The summed E-state index contributed by atoms with van der Waals surface area (Å²) in [5.41, 5.74) is -0.339. The number of aliphatic hydroxyl groups is 10. The fourth-order valence-corrected chi connectivity index (χ4v) is 8.74. The van der Waals surface area contributed by atoms with Crippen molar-refractivity contribution >= 4 is 35.6 Å². The summed E-state index contributed by atoms with van der Waals surface area (Å²) in [7, 11) is 0. The first-order valence-corrected chi connectivity index (χ1v) is 23.0. The molecule has 3 amide bonds. The number of carboxylic acid groups (broad SMARTS) is 3. The highest BCUT2D eigenvalue weighted by Crippen LogP contribution is 2.37. The third-order valence-corrected chi connectivity index (χ3v) is 12.4. The van der Waals surface area contributed by atoms with E-state index in [2.05, 4.69) is 42.5 Å². The Morgan fingerprint density at radius 2 is 0.934 bits per heavy atom. The third-order valence-electron chi connectivity index (χ3n) is 12.4. The van der Waals surface area contributed by atoms with Crippen LogP contribution in [0.25, 0.3) is 0 Å². The van der Waals surface area contributed by atoms with Crippen molar-refractivity contribution < 1.29 is 124 Å². The Bertz CT molecular complexity index is 2410. The van der Waals surface area contributed by atoms with Gasteiger partial charge in [0.2, 0.25) is 17.7 Å². The minimum atomic E-state index is -2.85. The van der Waals surface area contributed by atoms with Crippen LogP contribution in [0.3, 0.4) is 0 Å². The number of aliphatic hydroxyl groups excluding tert-OH is 10. The zero-order valence-electron chi connectivity index (χ0n) is 40.7. The number of carbonyl (C=O) groups excluding carboxylic acids is 3. The van der Waals surface area contributed by atoms with Crippen molar-refractivity contribution in [2.24, 2.45) is 0 Å².